The van der Waals surface area contributed by atoms with Crippen LogP contribution in [0.1, 0.15) is 45.3 Å². The third kappa shape index (κ3) is 6.57. The Balaban J connectivity index is 0.00000300. The van der Waals surface area contributed by atoms with Gasteiger partial charge >= 0.3 is 0 Å². The molecule has 0 bridgehead atoms. The summed E-state index contributed by atoms with van der Waals surface area (Å²) in [5.74, 6) is 1.52. The fourth-order valence-corrected chi connectivity index (χ4v) is 4.00. The van der Waals surface area contributed by atoms with Crippen LogP contribution < -0.4 is 10.6 Å². The van der Waals surface area contributed by atoms with Crippen LogP contribution in [-0.2, 0) is 9.53 Å². The standard InChI is InChI=1S/C22H34N4O2.HI/c1-4-23-22(25-19-10-12-26(15-19)21(27)16(2)3)24-14-18-11-13-28-20(18)17-8-6-5-7-9-17;/h5-9,16,18-20H,4,10-15H2,1-3H3,(H2,23,24,25);1H. The number of likely N-dealkylation sites (tertiary alicyclic amines) is 1. The van der Waals surface area contributed by atoms with E-state index in [2.05, 4.69) is 41.8 Å². The molecule has 7 heteroatoms. The molecule has 1 aromatic carbocycles. The summed E-state index contributed by atoms with van der Waals surface area (Å²) < 4.78 is 5.99. The molecule has 162 valence electrons. The largest absolute Gasteiger partial charge is 0.373 e. The molecule has 0 radical (unpaired) electrons. The molecule has 0 aliphatic carbocycles. The predicted octanol–water partition coefficient (Wildman–Crippen LogP) is 3.19. The van der Waals surface area contributed by atoms with Crippen molar-refractivity contribution in [2.75, 3.05) is 32.8 Å². The summed E-state index contributed by atoms with van der Waals surface area (Å²) in [6.07, 6.45) is 2.11. The van der Waals surface area contributed by atoms with Gasteiger partial charge in [-0.3, -0.25) is 9.79 Å². The molecule has 2 aliphatic rings. The first-order valence-electron chi connectivity index (χ1n) is 10.6. The van der Waals surface area contributed by atoms with Gasteiger partial charge in [0.05, 0.1) is 6.10 Å². The third-order valence-corrected chi connectivity index (χ3v) is 5.51. The maximum Gasteiger partial charge on any atom is 0.225 e. The number of hydrogen-bond donors (Lipinski definition) is 2. The highest BCUT2D eigenvalue weighted by molar-refractivity contribution is 14.0. The van der Waals surface area contributed by atoms with Crippen LogP contribution in [0.2, 0.25) is 0 Å². The molecule has 3 atom stereocenters. The maximum atomic E-state index is 12.2. The Hall–Kier alpha value is -1.35. The number of guanidine groups is 1. The van der Waals surface area contributed by atoms with Crippen molar-refractivity contribution in [3.63, 3.8) is 0 Å². The molecular formula is C22H35IN4O2. The zero-order valence-electron chi connectivity index (χ0n) is 17.8. The maximum absolute atomic E-state index is 12.2. The molecule has 29 heavy (non-hydrogen) atoms. The van der Waals surface area contributed by atoms with Crippen molar-refractivity contribution in [1.82, 2.24) is 15.5 Å². The van der Waals surface area contributed by atoms with Crippen LogP contribution >= 0.6 is 24.0 Å². The van der Waals surface area contributed by atoms with Crippen molar-refractivity contribution < 1.29 is 9.53 Å². The van der Waals surface area contributed by atoms with E-state index in [9.17, 15) is 4.79 Å². The average Bonchev–Trinajstić information content (AvgIpc) is 3.36. The summed E-state index contributed by atoms with van der Waals surface area (Å²) in [6.45, 7) is 9.90. The second kappa shape index (κ2) is 11.7. The van der Waals surface area contributed by atoms with Gasteiger partial charge in [0.2, 0.25) is 5.91 Å². The number of ether oxygens (including phenoxy) is 1. The Morgan fingerprint density at radius 1 is 1.28 bits per heavy atom. The van der Waals surface area contributed by atoms with Crippen LogP contribution in [0, 0.1) is 11.8 Å². The van der Waals surface area contributed by atoms with Gasteiger partial charge in [0, 0.05) is 50.7 Å². The molecule has 2 saturated heterocycles. The molecule has 0 aromatic heterocycles. The first kappa shape index (κ1) is 23.9. The van der Waals surface area contributed by atoms with Gasteiger partial charge in [-0.15, -0.1) is 24.0 Å². The van der Waals surface area contributed by atoms with Gasteiger partial charge in [0.25, 0.3) is 0 Å². The number of benzene rings is 1. The summed E-state index contributed by atoms with van der Waals surface area (Å²) in [5, 5.41) is 6.87. The molecule has 3 unspecified atom stereocenters. The lowest BCUT2D eigenvalue weighted by Crippen LogP contribution is -2.45. The molecule has 6 nitrogen and oxygen atoms in total. The SMILES string of the molecule is CCNC(=NCC1CCOC1c1ccccc1)NC1CCN(C(=O)C(C)C)C1.I. The Labute approximate surface area is 191 Å². The number of rotatable bonds is 6. The number of nitrogens with one attached hydrogen (secondary N) is 2. The number of carbonyl (C=O) groups excluding carboxylic acids is 1. The van der Waals surface area contributed by atoms with E-state index in [1.54, 1.807) is 0 Å². The first-order chi connectivity index (χ1) is 13.6. The fraction of sp³-hybridized carbons (Fsp3) is 0.636. The van der Waals surface area contributed by atoms with E-state index in [-0.39, 0.29) is 47.9 Å². The number of halogens is 1. The number of carbonyl (C=O) groups is 1. The Bertz CT molecular complexity index is 668. The Morgan fingerprint density at radius 2 is 2.03 bits per heavy atom. The fourth-order valence-electron chi connectivity index (χ4n) is 4.00. The second-order valence-corrected chi connectivity index (χ2v) is 8.04. The molecule has 2 aliphatic heterocycles. The van der Waals surface area contributed by atoms with Crippen molar-refractivity contribution in [2.45, 2.75) is 45.8 Å². The van der Waals surface area contributed by atoms with Crippen LogP contribution in [0.25, 0.3) is 0 Å². The van der Waals surface area contributed by atoms with E-state index >= 15 is 0 Å². The van der Waals surface area contributed by atoms with Gasteiger partial charge in [0.15, 0.2) is 5.96 Å². The molecule has 2 fully saturated rings. The van der Waals surface area contributed by atoms with Crippen molar-refractivity contribution in [3.05, 3.63) is 35.9 Å². The van der Waals surface area contributed by atoms with Crippen molar-refractivity contribution in [2.24, 2.45) is 16.8 Å². The summed E-state index contributed by atoms with van der Waals surface area (Å²) in [6, 6.07) is 10.7. The smallest absolute Gasteiger partial charge is 0.225 e. The van der Waals surface area contributed by atoms with E-state index in [0.29, 0.717) is 5.92 Å². The molecule has 2 N–H and O–H groups in total. The minimum absolute atomic E-state index is 0. The van der Waals surface area contributed by atoms with Crippen LogP contribution in [0.3, 0.4) is 0 Å². The van der Waals surface area contributed by atoms with Crippen LogP contribution in [0.5, 0.6) is 0 Å². The van der Waals surface area contributed by atoms with Crippen LogP contribution in [0.4, 0.5) is 0 Å². The highest BCUT2D eigenvalue weighted by Crippen LogP contribution is 2.34. The molecule has 3 rings (SSSR count). The predicted molar refractivity (Wildman–Crippen MR) is 128 cm³/mol. The summed E-state index contributed by atoms with van der Waals surface area (Å²) in [5.41, 5.74) is 1.23. The van der Waals surface area contributed by atoms with E-state index < -0.39 is 0 Å². The number of hydrogen-bond acceptors (Lipinski definition) is 3. The quantitative estimate of drug-likeness (QED) is 0.348. The lowest BCUT2D eigenvalue weighted by atomic mass is 9.95. The minimum Gasteiger partial charge on any atom is -0.373 e. The van der Waals surface area contributed by atoms with Crippen LogP contribution in [0.15, 0.2) is 35.3 Å². The molecular weight excluding hydrogens is 479 g/mol. The molecule has 0 saturated carbocycles. The number of amides is 1. The highest BCUT2D eigenvalue weighted by atomic mass is 127. The second-order valence-electron chi connectivity index (χ2n) is 8.04. The molecule has 1 aromatic rings. The first-order valence-corrected chi connectivity index (χ1v) is 10.6. The zero-order valence-corrected chi connectivity index (χ0v) is 20.1. The van der Waals surface area contributed by atoms with Gasteiger partial charge in [-0.2, -0.15) is 0 Å². The van der Waals surface area contributed by atoms with Gasteiger partial charge < -0.3 is 20.3 Å². The van der Waals surface area contributed by atoms with E-state index in [4.69, 9.17) is 9.73 Å². The van der Waals surface area contributed by atoms with Crippen molar-refractivity contribution >= 4 is 35.8 Å². The minimum atomic E-state index is 0. The van der Waals surface area contributed by atoms with Gasteiger partial charge in [0.1, 0.15) is 0 Å². The third-order valence-electron chi connectivity index (χ3n) is 5.51. The van der Waals surface area contributed by atoms with E-state index in [1.807, 2.05) is 24.8 Å². The summed E-state index contributed by atoms with van der Waals surface area (Å²) in [7, 11) is 0. The van der Waals surface area contributed by atoms with Crippen molar-refractivity contribution in [3.8, 4) is 0 Å². The normalized spacial score (nSPS) is 24.5. The molecule has 0 spiro atoms. The molecule has 1 amide bonds. The average molecular weight is 514 g/mol. The van der Waals surface area contributed by atoms with Gasteiger partial charge in [-0.05, 0) is 25.3 Å². The highest BCUT2D eigenvalue weighted by Gasteiger charge is 2.30. The summed E-state index contributed by atoms with van der Waals surface area (Å²) in [4.78, 5) is 19.0. The van der Waals surface area contributed by atoms with Gasteiger partial charge in [-0.25, -0.2) is 0 Å². The van der Waals surface area contributed by atoms with Crippen LogP contribution in [-0.4, -0.2) is 55.6 Å². The number of nitrogens with zero attached hydrogens (tertiary/aromatic N) is 2. The Kier molecular flexibility index (Phi) is 9.68. The van der Waals surface area contributed by atoms with Crippen molar-refractivity contribution in [1.29, 1.82) is 0 Å². The lowest BCUT2D eigenvalue weighted by molar-refractivity contribution is -0.133. The lowest BCUT2D eigenvalue weighted by Gasteiger charge is -2.21. The monoisotopic (exact) mass is 514 g/mol. The molecule has 2 heterocycles. The summed E-state index contributed by atoms with van der Waals surface area (Å²) >= 11 is 0. The zero-order chi connectivity index (χ0) is 19.9. The topological polar surface area (TPSA) is 66.0 Å². The van der Waals surface area contributed by atoms with Gasteiger partial charge in [-0.1, -0.05) is 44.2 Å². The number of aliphatic imine (C=N–C) groups is 1. The van der Waals surface area contributed by atoms with E-state index in [0.717, 1.165) is 51.6 Å². The Morgan fingerprint density at radius 3 is 2.72 bits per heavy atom. The van der Waals surface area contributed by atoms with E-state index in [1.165, 1.54) is 5.56 Å².